The van der Waals surface area contributed by atoms with Crippen LogP contribution in [-0.4, -0.2) is 38.4 Å². The van der Waals surface area contributed by atoms with Gasteiger partial charge in [-0.2, -0.15) is 9.61 Å². The van der Waals surface area contributed by atoms with Crippen LogP contribution in [0.15, 0.2) is 18.3 Å². The van der Waals surface area contributed by atoms with Crippen LogP contribution in [0.2, 0.25) is 0 Å². The Morgan fingerprint density at radius 2 is 1.79 bits per heavy atom. The second kappa shape index (κ2) is 8.20. The van der Waals surface area contributed by atoms with E-state index < -0.39 is 5.60 Å². The van der Waals surface area contributed by atoms with E-state index in [1.165, 1.54) is 31.4 Å². The van der Waals surface area contributed by atoms with Gasteiger partial charge in [0.15, 0.2) is 5.65 Å². The highest BCUT2D eigenvalue weighted by Gasteiger charge is 2.26. The van der Waals surface area contributed by atoms with E-state index in [0.29, 0.717) is 12.0 Å². The Hall–Kier alpha value is -2.31. The van der Waals surface area contributed by atoms with Crippen LogP contribution in [0.5, 0.6) is 0 Å². The largest absolute Gasteiger partial charge is 0.444 e. The smallest absolute Gasteiger partial charge is 0.407 e. The van der Waals surface area contributed by atoms with Crippen LogP contribution in [0.1, 0.15) is 83.7 Å². The molecule has 7 nitrogen and oxygen atoms in total. The molecule has 2 aliphatic carbocycles. The predicted molar refractivity (Wildman–Crippen MR) is 113 cm³/mol. The molecule has 0 aliphatic heterocycles. The van der Waals surface area contributed by atoms with E-state index in [-0.39, 0.29) is 12.1 Å². The molecular weight excluding hydrogens is 366 g/mol. The maximum absolute atomic E-state index is 12.0. The molecule has 2 heterocycles. The molecule has 2 saturated carbocycles. The van der Waals surface area contributed by atoms with Gasteiger partial charge in [0.2, 0.25) is 0 Å². The Labute approximate surface area is 172 Å². The normalized spacial score (nSPS) is 23.3. The van der Waals surface area contributed by atoms with E-state index in [1.807, 2.05) is 37.5 Å². The summed E-state index contributed by atoms with van der Waals surface area (Å²) in [6.07, 6.45) is 10.5. The number of ether oxygens (including phenoxy) is 1. The van der Waals surface area contributed by atoms with E-state index in [9.17, 15) is 4.79 Å². The molecule has 2 aromatic rings. The number of carbonyl (C=O) groups excluding carboxylic acids is 1. The zero-order valence-electron chi connectivity index (χ0n) is 17.8. The fraction of sp³-hybridized carbons (Fsp3) is 0.682. The lowest BCUT2D eigenvalue weighted by Gasteiger charge is -2.31. The van der Waals surface area contributed by atoms with Crippen molar-refractivity contribution in [2.75, 3.05) is 5.32 Å². The standard InChI is InChI=1S/C22H33N5O2/c1-22(2,3)29-21(28)25-17-10-8-16(9-11-17)24-20-14-18(15-6-4-5-7-15)26-19-12-13-23-27(19)20/h12-17,24H,4-11H2,1-3H3,(H,25,28). The van der Waals surface area contributed by atoms with Gasteiger partial charge in [-0.25, -0.2) is 9.78 Å². The molecular formula is C22H33N5O2. The number of carbonyl (C=O) groups is 1. The first-order chi connectivity index (χ1) is 13.9. The van der Waals surface area contributed by atoms with Crippen molar-refractivity contribution in [1.29, 1.82) is 0 Å². The lowest BCUT2D eigenvalue weighted by atomic mass is 9.91. The SMILES string of the molecule is CC(C)(C)OC(=O)NC1CCC(Nc2cc(C3CCCC3)nc3ccnn23)CC1. The van der Waals surface area contributed by atoms with E-state index in [1.54, 1.807) is 0 Å². The molecule has 0 radical (unpaired) electrons. The fourth-order valence-corrected chi connectivity index (χ4v) is 4.53. The molecule has 4 rings (SSSR count). The lowest BCUT2D eigenvalue weighted by molar-refractivity contribution is 0.0492. The summed E-state index contributed by atoms with van der Waals surface area (Å²) in [5, 5.41) is 11.2. The first-order valence-corrected chi connectivity index (χ1v) is 11.0. The number of rotatable bonds is 4. The average Bonchev–Trinajstić information content (AvgIpc) is 3.33. The molecule has 0 aromatic carbocycles. The quantitative estimate of drug-likeness (QED) is 0.783. The van der Waals surface area contributed by atoms with Crippen LogP contribution in [-0.2, 0) is 4.74 Å². The van der Waals surface area contributed by atoms with Crippen LogP contribution in [0.25, 0.3) is 5.65 Å². The zero-order valence-corrected chi connectivity index (χ0v) is 17.8. The lowest BCUT2D eigenvalue weighted by Crippen LogP contribution is -2.42. The Balaban J connectivity index is 1.37. The minimum Gasteiger partial charge on any atom is -0.444 e. The number of anilines is 1. The van der Waals surface area contributed by atoms with E-state index in [2.05, 4.69) is 21.8 Å². The van der Waals surface area contributed by atoms with Gasteiger partial charge >= 0.3 is 6.09 Å². The molecule has 2 fully saturated rings. The molecule has 1 amide bonds. The summed E-state index contributed by atoms with van der Waals surface area (Å²) in [7, 11) is 0. The molecule has 158 valence electrons. The summed E-state index contributed by atoms with van der Waals surface area (Å²) in [6, 6.07) is 4.73. The summed E-state index contributed by atoms with van der Waals surface area (Å²) in [5.41, 5.74) is 1.64. The molecule has 7 heteroatoms. The number of fused-ring (bicyclic) bond motifs is 1. The highest BCUT2D eigenvalue weighted by molar-refractivity contribution is 5.68. The summed E-state index contributed by atoms with van der Waals surface area (Å²) >= 11 is 0. The summed E-state index contributed by atoms with van der Waals surface area (Å²) < 4.78 is 7.29. The van der Waals surface area contributed by atoms with Crippen LogP contribution in [0.4, 0.5) is 10.6 Å². The van der Waals surface area contributed by atoms with Crippen molar-refractivity contribution < 1.29 is 9.53 Å². The van der Waals surface area contributed by atoms with Crippen LogP contribution in [0.3, 0.4) is 0 Å². The van der Waals surface area contributed by atoms with Crippen molar-refractivity contribution in [3.8, 4) is 0 Å². The molecule has 0 atom stereocenters. The van der Waals surface area contributed by atoms with Crippen molar-refractivity contribution in [1.82, 2.24) is 19.9 Å². The van der Waals surface area contributed by atoms with Gasteiger partial charge < -0.3 is 15.4 Å². The van der Waals surface area contributed by atoms with Gasteiger partial charge in [-0.1, -0.05) is 12.8 Å². The van der Waals surface area contributed by atoms with Gasteiger partial charge in [0.1, 0.15) is 11.4 Å². The highest BCUT2D eigenvalue weighted by Crippen LogP contribution is 2.34. The first kappa shape index (κ1) is 20.0. The third-order valence-electron chi connectivity index (χ3n) is 5.95. The zero-order chi connectivity index (χ0) is 20.4. The second-order valence-corrected chi connectivity index (χ2v) is 9.49. The van der Waals surface area contributed by atoms with Crippen molar-refractivity contribution in [3.05, 3.63) is 24.0 Å². The molecule has 0 unspecified atom stereocenters. The summed E-state index contributed by atoms with van der Waals surface area (Å²) in [6.45, 7) is 5.66. The molecule has 2 aliphatic rings. The number of hydrogen-bond donors (Lipinski definition) is 2. The minimum absolute atomic E-state index is 0.180. The molecule has 2 N–H and O–H groups in total. The average molecular weight is 400 g/mol. The van der Waals surface area contributed by atoms with Gasteiger partial charge in [-0.15, -0.1) is 0 Å². The minimum atomic E-state index is -0.462. The number of amides is 1. The molecule has 2 aromatic heterocycles. The topological polar surface area (TPSA) is 80.5 Å². The maximum Gasteiger partial charge on any atom is 0.407 e. The van der Waals surface area contributed by atoms with E-state index in [4.69, 9.17) is 9.72 Å². The number of nitrogens with one attached hydrogen (secondary N) is 2. The van der Waals surface area contributed by atoms with Crippen LogP contribution in [0, 0.1) is 0 Å². The van der Waals surface area contributed by atoms with Crippen LogP contribution < -0.4 is 10.6 Å². The Morgan fingerprint density at radius 3 is 2.48 bits per heavy atom. The Morgan fingerprint density at radius 1 is 1.10 bits per heavy atom. The third-order valence-corrected chi connectivity index (χ3v) is 5.95. The summed E-state index contributed by atoms with van der Waals surface area (Å²) in [5.74, 6) is 1.61. The number of nitrogens with zero attached hydrogens (tertiary/aromatic N) is 3. The van der Waals surface area contributed by atoms with Gasteiger partial charge in [0.05, 0.1) is 6.20 Å². The Kier molecular flexibility index (Phi) is 5.65. The van der Waals surface area contributed by atoms with Crippen LogP contribution >= 0.6 is 0 Å². The molecule has 0 bridgehead atoms. The molecule has 0 spiro atoms. The first-order valence-electron chi connectivity index (χ1n) is 11.0. The fourth-order valence-electron chi connectivity index (χ4n) is 4.53. The Bertz CT molecular complexity index is 842. The van der Waals surface area contributed by atoms with Gasteiger partial charge in [0.25, 0.3) is 0 Å². The van der Waals surface area contributed by atoms with E-state index >= 15 is 0 Å². The van der Waals surface area contributed by atoms with Gasteiger partial charge in [-0.3, -0.25) is 0 Å². The van der Waals surface area contributed by atoms with E-state index in [0.717, 1.165) is 37.1 Å². The monoisotopic (exact) mass is 399 g/mol. The second-order valence-electron chi connectivity index (χ2n) is 9.49. The maximum atomic E-state index is 12.0. The number of alkyl carbamates (subject to hydrolysis) is 1. The van der Waals surface area contributed by atoms with Gasteiger partial charge in [-0.05, 0) is 59.3 Å². The predicted octanol–water partition coefficient (Wildman–Crippen LogP) is 4.63. The molecule has 0 saturated heterocycles. The third kappa shape index (κ3) is 5.00. The molecule has 29 heavy (non-hydrogen) atoms. The van der Waals surface area contributed by atoms with Crippen molar-refractivity contribution in [3.63, 3.8) is 0 Å². The van der Waals surface area contributed by atoms with Crippen molar-refractivity contribution in [2.45, 2.75) is 95.7 Å². The van der Waals surface area contributed by atoms with Crippen molar-refractivity contribution in [2.24, 2.45) is 0 Å². The van der Waals surface area contributed by atoms with Gasteiger partial charge in [0, 0.05) is 35.8 Å². The highest BCUT2D eigenvalue weighted by atomic mass is 16.6. The van der Waals surface area contributed by atoms with Crippen molar-refractivity contribution >= 4 is 17.6 Å². The summed E-state index contributed by atoms with van der Waals surface area (Å²) in [4.78, 5) is 16.9. The number of aromatic nitrogens is 3. The number of hydrogen-bond acceptors (Lipinski definition) is 5.